The van der Waals surface area contributed by atoms with E-state index in [4.69, 9.17) is 16.6 Å². The number of amides is 3. The topological polar surface area (TPSA) is 161 Å². The van der Waals surface area contributed by atoms with E-state index in [0.29, 0.717) is 36.7 Å². The van der Waals surface area contributed by atoms with Gasteiger partial charge in [-0.2, -0.15) is 0 Å². The minimum Gasteiger partial charge on any atom is -0.392 e. The lowest BCUT2D eigenvalue weighted by molar-refractivity contribution is -0.119. The van der Waals surface area contributed by atoms with Crippen molar-refractivity contribution in [3.05, 3.63) is 41.7 Å². The third-order valence-electron chi connectivity index (χ3n) is 4.61. The SMILES string of the molecule is CC(C)CC(N)c1cn(C(CCCNC(N)=O)C(=O)Nc2ccc(CO)cc2)nn1. The van der Waals surface area contributed by atoms with Crippen molar-refractivity contribution in [2.45, 2.75) is 51.8 Å². The number of primary amides is 1. The molecule has 30 heavy (non-hydrogen) atoms. The van der Waals surface area contributed by atoms with Crippen LogP contribution in [-0.4, -0.2) is 38.6 Å². The van der Waals surface area contributed by atoms with Gasteiger partial charge in [-0.1, -0.05) is 31.2 Å². The van der Waals surface area contributed by atoms with E-state index >= 15 is 0 Å². The summed E-state index contributed by atoms with van der Waals surface area (Å²) in [6.45, 7) is 4.43. The zero-order valence-corrected chi connectivity index (χ0v) is 17.4. The van der Waals surface area contributed by atoms with Gasteiger partial charge in [0.15, 0.2) is 0 Å². The summed E-state index contributed by atoms with van der Waals surface area (Å²) in [5, 5.41) is 22.8. The third-order valence-corrected chi connectivity index (χ3v) is 4.61. The van der Waals surface area contributed by atoms with Gasteiger partial charge in [0, 0.05) is 12.2 Å². The first kappa shape index (κ1) is 23.3. The number of hydrogen-bond acceptors (Lipinski definition) is 6. The Kier molecular flexibility index (Phi) is 8.75. The Hall–Kier alpha value is -2.98. The second-order valence-electron chi connectivity index (χ2n) is 7.65. The summed E-state index contributed by atoms with van der Waals surface area (Å²) >= 11 is 0. The van der Waals surface area contributed by atoms with Gasteiger partial charge in [0.05, 0.1) is 24.5 Å². The quantitative estimate of drug-likeness (QED) is 0.348. The van der Waals surface area contributed by atoms with Crippen molar-refractivity contribution in [3.8, 4) is 0 Å². The number of nitrogens with one attached hydrogen (secondary N) is 2. The summed E-state index contributed by atoms with van der Waals surface area (Å²) in [5.74, 6) is 0.144. The molecule has 1 aromatic carbocycles. The van der Waals surface area contributed by atoms with Crippen molar-refractivity contribution in [1.82, 2.24) is 20.3 Å². The number of aliphatic hydroxyl groups excluding tert-OH is 1. The zero-order valence-electron chi connectivity index (χ0n) is 17.4. The molecule has 2 atom stereocenters. The largest absolute Gasteiger partial charge is 0.392 e. The minimum absolute atomic E-state index is 0.0674. The van der Waals surface area contributed by atoms with E-state index in [9.17, 15) is 9.59 Å². The van der Waals surface area contributed by atoms with Crippen LogP contribution in [0.4, 0.5) is 10.5 Å². The van der Waals surface area contributed by atoms with Crippen LogP contribution < -0.4 is 22.1 Å². The average molecular weight is 418 g/mol. The van der Waals surface area contributed by atoms with Gasteiger partial charge >= 0.3 is 6.03 Å². The number of rotatable bonds is 11. The molecule has 10 heteroatoms. The number of nitrogens with two attached hydrogens (primary N) is 2. The second-order valence-corrected chi connectivity index (χ2v) is 7.65. The Labute approximate surface area is 176 Å². The van der Waals surface area contributed by atoms with Gasteiger partial charge in [0.2, 0.25) is 5.91 Å². The molecule has 0 bridgehead atoms. The first-order valence-corrected chi connectivity index (χ1v) is 10.0. The fourth-order valence-electron chi connectivity index (χ4n) is 3.05. The highest BCUT2D eigenvalue weighted by molar-refractivity contribution is 5.93. The smallest absolute Gasteiger partial charge is 0.312 e. The number of urea groups is 1. The molecule has 1 aromatic heterocycles. The van der Waals surface area contributed by atoms with Crippen molar-refractivity contribution in [2.75, 3.05) is 11.9 Å². The number of aliphatic hydroxyl groups is 1. The van der Waals surface area contributed by atoms with E-state index in [2.05, 4.69) is 34.8 Å². The van der Waals surface area contributed by atoms with Crippen LogP contribution in [-0.2, 0) is 11.4 Å². The maximum absolute atomic E-state index is 13.0. The van der Waals surface area contributed by atoms with Gasteiger partial charge in [-0.05, 0) is 42.9 Å². The van der Waals surface area contributed by atoms with Crippen LogP contribution in [0.5, 0.6) is 0 Å². The number of aromatic nitrogens is 3. The summed E-state index contributed by atoms with van der Waals surface area (Å²) in [6.07, 6.45) is 3.41. The van der Waals surface area contributed by atoms with Gasteiger partial charge in [0.1, 0.15) is 6.04 Å². The van der Waals surface area contributed by atoms with E-state index in [-0.39, 0.29) is 18.6 Å². The lowest BCUT2D eigenvalue weighted by Crippen LogP contribution is -2.31. The number of anilines is 1. The van der Waals surface area contributed by atoms with Gasteiger partial charge in [-0.15, -0.1) is 5.10 Å². The van der Waals surface area contributed by atoms with Crippen molar-refractivity contribution in [1.29, 1.82) is 0 Å². The first-order valence-electron chi connectivity index (χ1n) is 10.0. The summed E-state index contributed by atoms with van der Waals surface area (Å²) < 4.78 is 1.51. The van der Waals surface area contributed by atoms with Gasteiger partial charge in [-0.3, -0.25) is 4.79 Å². The zero-order chi connectivity index (χ0) is 22.1. The average Bonchev–Trinajstić information content (AvgIpc) is 3.17. The van der Waals surface area contributed by atoms with Gasteiger partial charge in [0.25, 0.3) is 0 Å². The monoisotopic (exact) mass is 417 g/mol. The molecule has 3 amide bonds. The fraction of sp³-hybridized carbons (Fsp3) is 0.500. The molecule has 7 N–H and O–H groups in total. The van der Waals surface area contributed by atoms with E-state index in [0.717, 1.165) is 12.0 Å². The molecule has 2 aromatic rings. The minimum atomic E-state index is -0.635. The molecule has 0 radical (unpaired) electrons. The van der Waals surface area contributed by atoms with Crippen LogP contribution in [0.3, 0.4) is 0 Å². The van der Waals surface area contributed by atoms with Crippen molar-refractivity contribution in [3.63, 3.8) is 0 Å². The number of nitrogens with zero attached hydrogens (tertiary/aromatic N) is 3. The summed E-state index contributed by atoms with van der Waals surface area (Å²) in [5.41, 5.74) is 13.3. The molecule has 0 aliphatic heterocycles. The Bertz CT molecular complexity index is 820. The fourth-order valence-corrected chi connectivity index (χ4v) is 3.05. The molecule has 0 saturated heterocycles. The number of hydrogen-bond donors (Lipinski definition) is 5. The summed E-state index contributed by atoms with van der Waals surface area (Å²) in [7, 11) is 0. The molecular weight excluding hydrogens is 386 g/mol. The molecule has 1 heterocycles. The van der Waals surface area contributed by atoms with E-state index in [1.807, 2.05) is 0 Å². The number of benzene rings is 1. The Morgan fingerprint density at radius 3 is 2.53 bits per heavy atom. The second kappa shape index (κ2) is 11.3. The Morgan fingerprint density at radius 1 is 1.23 bits per heavy atom. The van der Waals surface area contributed by atoms with E-state index < -0.39 is 12.1 Å². The predicted octanol–water partition coefficient (Wildman–Crippen LogP) is 1.44. The molecule has 164 valence electrons. The Balaban J connectivity index is 2.13. The lowest BCUT2D eigenvalue weighted by atomic mass is 10.0. The summed E-state index contributed by atoms with van der Waals surface area (Å²) in [6, 6.07) is 5.42. The third kappa shape index (κ3) is 7.12. The van der Waals surface area contributed by atoms with Crippen LogP contribution in [0.25, 0.3) is 0 Å². The van der Waals surface area contributed by atoms with Crippen LogP contribution in [0.1, 0.15) is 56.5 Å². The maximum atomic E-state index is 13.0. The molecule has 0 spiro atoms. The molecule has 0 aliphatic rings. The van der Waals surface area contributed by atoms with Crippen molar-refractivity contribution in [2.24, 2.45) is 17.4 Å². The normalized spacial score (nSPS) is 13.1. The number of carbonyl (C=O) groups excluding carboxylic acids is 2. The maximum Gasteiger partial charge on any atom is 0.312 e. The van der Waals surface area contributed by atoms with Crippen LogP contribution >= 0.6 is 0 Å². The van der Waals surface area contributed by atoms with Gasteiger partial charge < -0.3 is 27.2 Å². The van der Waals surface area contributed by atoms with Crippen LogP contribution in [0.15, 0.2) is 30.5 Å². The molecule has 0 aliphatic carbocycles. The van der Waals surface area contributed by atoms with Gasteiger partial charge in [-0.25, -0.2) is 9.48 Å². The van der Waals surface area contributed by atoms with Crippen LogP contribution in [0.2, 0.25) is 0 Å². The lowest BCUT2D eigenvalue weighted by Gasteiger charge is -2.17. The molecule has 0 fully saturated rings. The number of carbonyl (C=O) groups is 2. The molecule has 10 nitrogen and oxygen atoms in total. The van der Waals surface area contributed by atoms with Crippen molar-refractivity contribution >= 4 is 17.6 Å². The highest BCUT2D eigenvalue weighted by Crippen LogP contribution is 2.21. The predicted molar refractivity (Wildman–Crippen MR) is 113 cm³/mol. The molecular formula is C20H31N7O3. The van der Waals surface area contributed by atoms with E-state index in [1.54, 1.807) is 30.5 Å². The Morgan fingerprint density at radius 2 is 1.93 bits per heavy atom. The van der Waals surface area contributed by atoms with Crippen molar-refractivity contribution < 1.29 is 14.7 Å². The molecule has 0 saturated carbocycles. The van der Waals surface area contributed by atoms with E-state index in [1.165, 1.54) is 4.68 Å². The highest BCUT2D eigenvalue weighted by Gasteiger charge is 2.23. The highest BCUT2D eigenvalue weighted by atomic mass is 16.3. The molecule has 2 unspecified atom stereocenters. The molecule has 2 rings (SSSR count). The first-order chi connectivity index (χ1) is 14.3. The van der Waals surface area contributed by atoms with Crippen LogP contribution in [0, 0.1) is 5.92 Å². The standard InChI is InChI=1S/C20H31N7O3/c1-13(2)10-16(21)17-11-27(26-25-17)18(4-3-9-23-20(22)30)19(29)24-15-7-5-14(12-28)6-8-15/h5-8,11,13,16,18,28H,3-4,9-10,12,21H2,1-2H3,(H,24,29)(H3,22,23,30). The summed E-state index contributed by atoms with van der Waals surface area (Å²) in [4.78, 5) is 23.8.